The predicted octanol–water partition coefficient (Wildman–Crippen LogP) is 4.54. The van der Waals surface area contributed by atoms with Crippen LogP contribution in [0.2, 0.25) is 0 Å². The van der Waals surface area contributed by atoms with Gasteiger partial charge in [-0.15, -0.1) is 11.3 Å². The Morgan fingerprint density at radius 2 is 1.86 bits per heavy atom. The molecule has 3 nitrogen and oxygen atoms in total. The fourth-order valence-electron chi connectivity index (χ4n) is 2.09. The number of nitrogens with zero attached hydrogens (tertiary/aromatic N) is 1. The van der Waals surface area contributed by atoms with Crippen LogP contribution >= 0.6 is 23.6 Å². The average molecular weight is 325 g/mol. The third kappa shape index (κ3) is 3.90. The number of rotatable bonds is 4. The molecule has 3 rings (SSSR count). The SMILES string of the molecule is S=C(Nc1ccccc1)Nc1ncccc1Cc1cccs1. The second-order valence-electron chi connectivity index (χ2n) is 4.71. The van der Waals surface area contributed by atoms with E-state index in [1.54, 1.807) is 17.5 Å². The zero-order valence-electron chi connectivity index (χ0n) is 11.8. The Morgan fingerprint density at radius 1 is 1.00 bits per heavy atom. The van der Waals surface area contributed by atoms with Gasteiger partial charge in [0, 0.05) is 28.7 Å². The van der Waals surface area contributed by atoms with E-state index in [4.69, 9.17) is 12.2 Å². The van der Waals surface area contributed by atoms with Crippen LogP contribution in [0.3, 0.4) is 0 Å². The molecule has 0 aliphatic carbocycles. The van der Waals surface area contributed by atoms with E-state index in [0.717, 1.165) is 23.5 Å². The highest BCUT2D eigenvalue weighted by atomic mass is 32.1. The molecule has 110 valence electrons. The fourth-order valence-corrected chi connectivity index (χ4v) is 3.03. The summed E-state index contributed by atoms with van der Waals surface area (Å²) in [5.41, 5.74) is 2.08. The first-order chi connectivity index (χ1) is 10.8. The van der Waals surface area contributed by atoms with Gasteiger partial charge in [0.1, 0.15) is 5.82 Å². The molecule has 2 N–H and O–H groups in total. The Kier molecular flexibility index (Phi) is 4.78. The van der Waals surface area contributed by atoms with Gasteiger partial charge in [-0.25, -0.2) is 4.98 Å². The van der Waals surface area contributed by atoms with Gasteiger partial charge in [0.25, 0.3) is 0 Å². The Labute approximate surface area is 139 Å². The van der Waals surface area contributed by atoms with Gasteiger partial charge in [0.15, 0.2) is 5.11 Å². The van der Waals surface area contributed by atoms with Gasteiger partial charge in [-0.05, 0) is 41.9 Å². The highest BCUT2D eigenvalue weighted by Crippen LogP contribution is 2.20. The second-order valence-corrected chi connectivity index (χ2v) is 6.15. The lowest BCUT2D eigenvalue weighted by molar-refractivity contribution is 1.18. The molecule has 0 aliphatic heterocycles. The summed E-state index contributed by atoms with van der Waals surface area (Å²) in [4.78, 5) is 5.71. The quantitative estimate of drug-likeness (QED) is 0.690. The van der Waals surface area contributed by atoms with Crippen molar-refractivity contribution in [2.75, 3.05) is 10.6 Å². The van der Waals surface area contributed by atoms with Crippen molar-refractivity contribution in [2.24, 2.45) is 0 Å². The fraction of sp³-hybridized carbons (Fsp3) is 0.0588. The molecule has 5 heteroatoms. The van der Waals surface area contributed by atoms with Gasteiger partial charge in [-0.2, -0.15) is 0 Å². The number of thiophene rings is 1. The van der Waals surface area contributed by atoms with Gasteiger partial charge in [0.05, 0.1) is 0 Å². The molecule has 22 heavy (non-hydrogen) atoms. The molecule has 0 spiro atoms. The maximum absolute atomic E-state index is 5.37. The van der Waals surface area contributed by atoms with Crippen molar-refractivity contribution in [1.29, 1.82) is 0 Å². The van der Waals surface area contributed by atoms with Gasteiger partial charge in [-0.3, -0.25) is 0 Å². The van der Waals surface area contributed by atoms with Gasteiger partial charge in [0.2, 0.25) is 0 Å². The van der Waals surface area contributed by atoms with E-state index in [9.17, 15) is 0 Å². The van der Waals surface area contributed by atoms with E-state index in [-0.39, 0.29) is 0 Å². The van der Waals surface area contributed by atoms with Crippen molar-refractivity contribution in [3.8, 4) is 0 Å². The van der Waals surface area contributed by atoms with Crippen LogP contribution in [0, 0.1) is 0 Å². The van der Waals surface area contributed by atoms with Crippen molar-refractivity contribution in [2.45, 2.75) is 6.42 Å². The molecule has 0 saturated carbocycles. The van der Waals surface area contributed by atoms with E-state index in [2.05, 4.69) is 39.2 Å². The number of hydrogen-bond acceptors (Lipinski definition) is 3. The summed E-state index contributed by atoms with van der Waals surface area (Å²) in [6, 6.07) is 18.0. The van der Waals surface area contributed by atoms with Crippen LogP contribution in [-0.2, 0) is 6.42 Å². The largest absolute Gasteiger partial charge is 0.332 e. The summed E-state index contributed by atoms with van der Waals surface area (Å²) in [6.45, 7) is 0. The third-order valence-corrected chi connectivity index (χ3v) is 4.18. The van der Waals surface area contributed by atoms with E-state index >= 15 is 0 Å². The minimum absolute atomic E-state index is 0.539. The number of hydrogen-bond donors (Lipinski definition) is 2. The lowest BCUT2D eigenvalue weighted by Crippen LogP contribution is -2.20. The minimum atomic E-state index is 0.539. The first kappa shape index (κ1) is 14.7. The maximum atomic E-state index is 5.37. The van der Waals surface area contributed by atoms with Crippen LogP contribution in [0.25, 0.3) is 0 Å². The van der Waals surface area contributed by atoms with Crippen LogP contribution in [0.5, 0.6) is 0 Å². The number of nitrogens with one attached hydrogen (secondary N) is 2. The number of benzene rings is 1. The predicted molar refractivity (Wildman–Crippen MR) is 97.6 cm³/mol. The summed E-state index contributed by atoms with van der Waals surface area (Å²) in [5.74, 6) is 0.796. The van der Waals surface area contributed by atoms with Crippen LogP contribution in [0.15, 0.2) is 66.2 Å². The zero-order chi connectivity index (χ0) is 15.2. The van der Waals surface area contributed by atoms with Gasteiger partial charge in [-0.1, -0.05) is 30.3 Å². The van der Waals surface area contributed by atoms with Crippen LogP contribution in [0.1, 0.15) is 10.4 Å². The molecule has 0 radical (unpaired) electrons. The summed E-state index contributed by atoms with van der Waals surface area (Å²) in [5, 5.41) is 8.97. The Hall–Kier alpha value is -2.24. The molecule has 0 fully saturated rings. The molecule has 0 amide bonds. The molecule has 0 bridgehead atoms. The van der Waals surface area contributed by atoms with E-state index in [1.807, 2.05) is 36.4 Å². The molecule has 0 aliphatic rings. The first-order valence-corrected chi connectivity index (χ1v) is 8.19. The smallest absolute Gasteiger partial charge is 0.176 e. The molecule has 0 unspecified atom stereocenters. The highest BCUT2D eigenvalue weighted by Gasteiger charge is 2.07. The van der Waals surface area contributed by atoms with Crippen molar-refractivity contribution >= 4 is 40.2 Å². The number of thiocarbonyl (C=S) groups is 1. The molecule has 0 saturated heterocycles. The van der Waals surface area contributed by atoms with E-state index in [1.165, 1.54) is 4.88 Å². The normalized spacial score (nSPS) is 10.2. The maximum Gasteiger partial charge on any atom is 0.176 e. The number of anilines is 2. The molecular formula is C17H15N3S2. The van der Waals surface area contributed by atoms with Crippen LogP contribution in [0.4, 0.5) is 11.5 Å². The average Bonchev–Trinajstić information content (AvgIpc) is 3.03. The van der Waals surface area contributed by atoms with Crippen molar-refractivity contribution in [3.05, 3.63) is 76.6 Å². The standard InChI is InChI=1S/C17H15N3S2/c21-17(19-14-7-2-1-3-8-14)20-16-13(6-4-10-18-16)12-15-9-5-11-22-15/h1-11H,12H2,(H2,18,19,20,21). The highest BCUT2D eigenvalue weighted by molar-refractivity contribution is 7.80. The second kappa shape index (κ2) is 7.15. The molecular weight excluding hydrogens is 310 g/mol. The number of para-hydroxylation sites is 1. The topological polar surface area (TPSA) is 37.0 Å². The monoisotopic (exact) mass is 325 g/mol. The molecule has 3 aromatic rings. The molecule has 2 heterocycles. The van der Waals surface area contributed by atoms with Crippen molar-refractivity contribution in [3.63, 3.8) is 0 Å². The molecule has 2 aromatic heterocycles. The zero-order valence-corrected chi connectivity index (χ0v) is 13.5. The Bertz CT molecular complexity index is 740. The molecule has 0 atom stereocenters. The summed E-state index contributed by atoms with van der Waals surface area (Å²) >= 11 is 7.11. The summed E-state index contributed by atoms with van der Waals surface area (Å²) in [7, 11) is 0. The minimum Gasteiger partial charge on any atom is -0.332 e. The lowest BCUT2D eigenvalue weighted by atomic mass is 10.1. The Balaban J connectivity index is 1.70. The van der Waals surface area contributed by atoms with E-state index in [0.29, 0.717) is 5.11 Å². The van der Waals surface area contributed by atoms with Crippen molar-refractivity contribution < 1.29 is 0 Å². The Morgan fingerprint density at radius 3 is 2.64 bits per heavy atom. The third-order valence-electron chi connectivity index (χ3n) is 3.10. The van der Waals surface area contributed by atoms with E-state index < -0.39 is 0 Å². The molecule has 1 aromatic carbocycles. The van der Waals surface area contributed by atoms with Gasteiger partial charge >= 0.3 is 0 Å². The van der Waals surface area contributed by atoms with Crippen molar-refractivity contribution in [1.82, 2.24) is 4.98 Å². The number of pyridine rings is 1. The lowest BCUT2D eigenvalue weighted by Gasteiger charge is -2.12. The summed E-state index contributed by atoms with van der Waals surface area (Å²) in [6.07, 6.45) is 2.62. The first-order valence-electron chi connectivity index (χ1n) is 6.90. The van der Waals surface area contributed by atoms with Crippen LogP contribution in [-0.4, -0.2) is 10.1 Å². The summed E-state index contributed by atoms with van der Waals surface area (Å²) < 4.78 is 0. The number of aromatic nitrogens is 1. The van der Waals surface area contributed by atoms with Gasteiger partial charge < -0.3 is 10.6 Å². The van der Waals surface area contributed by atoms with Crippen LogP contribution < -0.4 is 10.6 Å².